The Morgan fingerprint density at radius 2 is 1.57 bits per heavy atom. The Morgan fingerprint density at radius 1 is 0.886 bits per heavy atom. The van der Waals surface area contributed by atoms with Crippen molar-refractivity contribution in [3.8, 4) is 0 Å². The first-order valence-corrected chi connectivity index (χ1v) is 14.2. The Bertz CT molecular complexity index is 828. The first-order valence-electron chi connectivity index (χ1n) is 14.2. The maximum Gasteiger partial charge on any atom is 0.0766 e. The lowest BCUT2D eigenvalue weighted by molar-refractivity contribution is 0.0787. The van der Waals surface area contributed by atoms with Gasteiger partial charge in [-0.05, 0) is 91.9 Å². The van der Waals surface area contributed by atoms with Crippen molar-refractivity contribution in [1.29, 1.82) is 0 Å². The molecule has 0 amide bonds. The molecule has 0 spiro atoms. The molecule has 4 nitrogen and oxygen atoms in total. The normalized spacial score (nSPS) is 27.2. The van der Waals surface area contributed by atoms with E-state index in [9.17, 15) is 0 Å². The van der Waals surface area contributed by atoms with Crippen molar-refractivity contribution >= 4 is 23.8 Å². The zero-order valence-corrected chi connectivity index (χ0v) is 23.8. The van der Waals surface area contributed by atoms with Gasteiger partial charge in [0.2, 0.25) is 0 Å². The van der Waals surface area contributed by atoms with E-state index in [1.165, 1.54) is 76.2 Å². The summed E-state index contributed by atoms with van der Waals surface area (Å²) in [7, 11) is 0. The van der Waals surface area contributed by atoms with E-state index in [0.717, 1.165) is 32.0 Å². The van der Waals surface area contributed by atoms with Crippen LogP contribution in [0.15, 0.2) is 18.2 Å². The number of hydrogen-bond donors (Lipinski definition) is 0. The molecule has 2 aliphatic carbocycles. The number of rotatable bonds is 7. The van der Waals surface area contributed by atoms with Crippen LogP contribution in [0, 0.1) is 16.7 Å². The number of halogens is 1. The van der Waals surface area contributed by atoms with Crippen LogP contribution in [0.2, 0.25) is 0 Å². The second-order valence-corrected chi connectivity index (χ2v) is 13.4. The van der Waals surface area contributed by atoms with Gasteiger partial charge >= 0.3 is 0 Å². The predicted octanol–water partition coefficient (Wildman–Crippen LogP) is 6.58. The molecule has 0 aromatic heterocycles. The van der Waals surface area contributed by atoms with Crippen molar-refractivity contribution < 1.29 is 4.74 Å². The summed E-state index contributed by atoms with van der Waals surface area (Å²) in [5, 5.41) is 0. The lowest BCUT2D eigenvalue weighted by atomic mass is 9.60. The summed E-state index contributed by atoms with van der Waals surface area (Å²) < 4.78 is 5.96. The van der Waals surface area contributed by atoms with Gasteiger partial charge in [0, 0.05) is 63.8 Å². The van der Waals surface area contributed by atoms with E-state index in [4.69, 9.17) is 4.74 Å². The van der Waals surface area contributed by atoms with E-state index < -0.39 is 0 Å². The highest BCUT2D eigenvalue weighted by Gasteiger charge is 2.40. The molecule has 1 atom stereocenters. The quantitative estimate of drug-likeness (QED) is 0.418. The fourth-order valence-electron chi connectivity index (χ4n) is 7.59. The zero-order chi connectivity index (χ0) is 23.9. The van der Waals surface area contributed by atoms with Gasteiger partial charge in [0.05, 0.1) is 6.10 Å². The number of ether oxygens (including phenoxy) is 1. The number of nitrogens with zero attached hydrogens (tertiary/aromatic N) is 3. The fraction of sp³-hybridized carbons (Fsp3) is 0.800. The summed E-state index contributed by atoms with van der Waals surface area (Å²) in [5.41, 5.74) is 5.35. The van der Waals surface area contributed by atoms with E-state index >= 15 is 0 Å². The maximum atomic E-state index is 5.96. The van der Waals surface area contributed by atoms with Crippen molar-refractivity contribution in [1.82, 2.24) is 4.90 Å². The molecule has 1 aromatic carbocycles. The topological polar surface area (TPSA) is 19.0 Å². The third-order valence-corrected chi connectivity index (χ3v) is 8.84. The largest absolute Gasteiger partial charge is 0.377 e. The van der Waals surface area contributed by atoms with Crippen LogP contribution in [-0.2, 0) is 4.74 Å². The van der Waals surface area contributed by atoms with Gasteiger partial charge in [-0.2, -0.15) is 0 Å². The Hall–Kier alpha value is -0.970. The molecule has 5 heteroatoms. The molecular formula is C30H50ClN3O. The van der Waals surface area contributed by atoms with Gasteiger partial charge in [-0.3, -0.25) is 4.90 Å². The molecule has 198 valence electrons. The SMILES string of the molecule is CCO[C@@H]1CCN(c2ccc(N3CCN(CC4CC4)CC3)c(C3CC(C)(C)CC(C)(C)C3)c2)C1.Cl. The van der Waals surface area contributed by atoms with Gasteiger partial charge in [0.15, 0.2) is 0 Å². The van der Waals surface area contributed by atoms with E-state index in [1.807, 2.05) is 0 Å². The van der Waals surface area contributed by atoms with Crippen LogP contribution < -0.4 is 9.80 Å². The van der Waals surface area contributed by atoms with Gasteiger partial charge in [-0.25, -0.2) is 0 Å². The van der Waals surface area contributed by atoms with Crippen LogP contribution in [0.3, 0.4) is 0 Å². The van der Waals surface area contributed by atoms with E-state index in [-0.39, 0.29) is 12.4 Å². The Labute approximate surface area is 221 Å². The summed E-state index contributed by atoms with van der Waals surface area (Å²) in [5.74, 6) is 1.64. The molecule has 35 heavy (non-hydrogen) atoms. The minimum Gasteiger partial charge on any atom is -0.377 e. The predicted molar refractivity (Wildman–Crippen MR) is 151 cm³/mol. The lowest BCUT2D eigenvalue weighted by Gasteiger charge is -2.46. The zero-order valence-electron chi connectivity index (χ0n) is 23.0. The van der Waals surface area contributed by atoms with Gasteiger partial charge in [0.1, 0.15) is 0 Å². The van der Waals surface area contributed by atoms with Crippen LogP contribution in [-0.4, -0.2) is 63.4 Å². The molecule has 4 aliphatic rings. The monoisotopic (exact) mass is 503 g/mol. The number of anilines is 2. The summed E-state index contributed by atoms with van der Waals surface area (Å²) in [6, 6.07) is 7.47. The van der Waals surface area contributed by atoms with Gasteiger partial charge in [-0.15, -0.1) is 12.4 Å². The Kier molecular flexibility index (Phi) is 8.35. The van der Waals surface area contributed by atoms with E-state index in [1.54, 1.807) is 5.56 Å². The van der Waals surface area contributed by atoms with Gasteiger partial charge < -0.3 is 14.5 Å². The van der Waals surface area contributed by atoms with Crippen molar-refractivity contribution in [3.63, 3.8) is 0 Å². The molecule has 0 bridgehead atoms. The minimum atomic E-state index is 0. The Morgan fingerprint density at radius 3 is 2.20 bits per heavy atom. The molecule has 5 rings (SSSR count). The molecule has 0 radical (unpaired) electrons. The highest BCUT2D eigenvalue weighted by molar-refractivity contribution is 5.85. The third-order valence-electron chi connectivity index (χ3n) is 8.84. The van der Waals surface area contributed by atoms with E-state index in [2.05, 4.69) is 67.5 Å². The fourth-order valence-corrected chi connectivity index (χ4v) is 7.59. The first kappa shape index (κ1) is 27.1. The molecule has 0 N–H and O–H groups in total. The van der Waals surface area contributed by atoms with Gasteiger partial charge in [0.25, 0.3) is 0 Å². The molecule has 2 heterocycles. The van der Waals surface area contributed by atoms with Crippen LogP contribution >= 0.6 is 12.4 Å². The second-order valence-electron chi connectivity index (χ2n) is 13.4. The summed E-state index contributed by atoms with van der Waals surface area (Å²) in [4.78, 5) is 8.00. The summed E-state index contributed by atoms with van der Waals surface area (Å²) in [6.45, 7) is 21.2. The summed E-state index contributed by atoms with van der Waals surface area (Å²) >= 11 is 0. The average molecular weight is 504 g/mol. The molecule has 2 aliphatic heterocycles. The van der Waals surface area contributed by atoms with Gasteiger partial charge in [-0.1, -0.05) is 27.7 Å². The summed E-state index contributed by atoms with van der Waals surface area (Å²) in [6.07, 6.45) is 8.39. The van der Waals surface area contributed by atoms with Crippen LogP contribution in [0.4, 0.5) is 11.4 Å². The smallest absolute Gasteiger partial charge is 0.0766 e. The number of benzene rings is 1. The van der Waals surface area contributed by atoms with Crippen molar-refractivity contribution in [2.45, 2.75) is 85.2 Å². The van der Waals surface area contributed by atoms with Crippen LogP contribution in [0.1, 0.15) is 84.6 Å². The highest BCUT2D eigenvalue weighted by atomic mass is 35.5. The lowest BCUT2D eigenvalue weighted by Crippen LogP contribution is -2.47. The third kappa shape index (κ3) is 6.67. The Balaban J connectivity index is 0.00000289. The van der Waals surface area contributed by atoms with Crippen LogP contribution in [0.5, 0.6) is 0 Å². The minimum absolute atomic E-state index is 0. The van der Waals surface area contributed by atoms with E-state index in [0.29, 0.717) is 22.9 Å². The highest BCUT2D eigenvalue weighted by Crippen LogP contribution is 2.53. The number of piperazine rings is 1. The number of hydrogen-bond acceptors (Lipinski definition) is 4. The maximum absolute atomic E-state index is 5.96. The standard InChI is InChI=1S/C30H49N3O.ClH/c1-6-34-26-11-12-33(21-26)25-9-10-28(32-15-13-31(14-16-32)20-23-7-8-23)27(17-25)24-18-29(2,3)22-30(4,5)19-24;/h9-10,17,23-24,26H,6-8,11-16,18-22H2,1-5H3;1H/t26-;/m1./s1. The molecule has 0 unspecified atom stereocenters. The van der Waals surface area contributed by atoms with Crippen molar-refractivity contribution in [2.24, 2.45) is 16.7 Å². The van der Waals surface area contributed by atoms with Crippen molar-refractivity contribution in [3.05, 3.63) is 23.8 Å². The molecular weight excluding hydrogens is 454 g/mol. The average Bonchev–Trinajstić information content (AvgIpc) is 3.46. The molecule has 4 fully saturated rings. The molecule has 1 aromatic rings. The van der Waals surface area contributed by atoms with Crippen molar-refractivity contribution in [2.75, 3.05) is 62.2 Å². The second kappa shape index (κ2) is 10.8. The van der Waals surface area contributed by atoms with Crippen LogP contribution in [0.25, 0.3) is 0 Å². The molecule has 2 saturated carbocycles. The first-order chi connectivity index (χ1) is 16.2. The molecule has 2 saturated heterocycles.